The van der Waals surface area contributed by atoms with E-state index in [9.17, 15) is 13.2 Å². The molecule has 194 valence electrons. The maximum atomic E-state index is 13.2. The van der Waals surface area contributed by atoms with Crippen molar-refractivity contribution in [1.82, 2.24) is 19.9 Å². The molecule has 6 aromatic rings. The molecule has 0 N–H and O–H groups in total. The second-order valence-corrected chi connectivity index (χ2v) is 9.16. The first-order chi connectivity index (χ1) is 19.4. The van der Waals surface area contributed by atoms with Crippen LogP contribution in [-0.4, -0.2) is 19.9 Å². The summed E-state index contributed by atoms with van der Waals surface area (Å²) < 4.78 is 39.5. The molecule has 3 aromatic heterocycles. The van der Waals surface area contributed by atoms with Gasteiger partial charge in [0.15, 0.2) is 5.82 Å². The predicted octanol–water partition coefficient (Wildman–Crippen LogP) is 8.62. The molecule has 0 fully saturated rings. The first-order valence-electron chi connectivity index (χ1n) is 12.5. The third kappa shape index (κ3) is 5.35. The highest BCUT2D eigenvalue weighted by Gasteiger charge is 2.30. The number of alkyl halides is 3. The van der Waals surface area contributed by atoms with E-state index < -0.39 is 11.7 Å². The number of rotatable bonds is 5. The summed E-state index contributed by atoms with van der Waals surface area (Å²) in [6, 6.07) is 30.5. The summed E-state index contributed by atoms with van der Waals surface area (Å²) in [6.45, 7) is 0. The van der Waals surface area contributed by atoms with E-state index in [1.54, 1.807) is 24.8 Å². The highest BCUT2D eigenvalue weighted by atomic mass is 19.4. The molecular weight excluding hydrogens is 509 g/mol. The molecule has 0 aliphatic heterocycles. The Balaban J connectivity index is 1.42. The van der Waals surface area contributed by atoms with Crippen molar-refractivity contribution in [3.63, 3.8) is 0 Å². The molecule has 0 atom stereocenters. The zero-order valence-electron chi connectivity index (χ0n) is 21.0. The van der Waals surface area contributed by atoms with Crippen LogP contribution in [0.5, 0.6) is 0 Å². The average Bonchev–Trinajstić information content (AvgIpc) is 3.01. The van der Waals surface area contributed by atoms with Crippen molar-refractivity contribution in [2.24, 2.45) is 0 Å². The minimum absolute atomic E-state index is 0.345. The molecule has 3 aromatic carbocycles. The topological polar surface area (TPSA) is 51.6 Å². The van der Waals surface area contributed by atoms with E-state index in [-0.39, 0.29) is 0 Å². The van der Waals surface area contributed by atoms with Gasteiger partial charge in [-0.15, -0.1) is 0 Å². The monoisotopic (exact) mass is 530 g/mol. The molecule has 6 rings (SSSR count). The lowest BCUT2D eigenvalue weighted by atomic mass is 10.0. The number of hydrogen-bond donors (Lipinski definition) is 0. The SMILES string of the molecule is FC(F)(F)c1ccc(-c2nc(-c3ccc(-c4ccncc4)cc3)cc(-c3ccc(-c4ccncc4)cc3)n2)cc1. The molecule has 3 heterocycles. The van der Waals surface area contributed by atoms with Crippen molar-refractivity contribution in [2.75, 3.05) is 0 Å². The molecule has 0 aliphatic carbocycles. The molecule has 0 saturated heterocycles. The van der Waals surface area contributed by atoms with E-state index in [0.717, 1.165) is 45.5 Å². The number of benzene rings is 3. The Kier molecular flexibility index (Phi) is 6.62. The molecule has 0 unspecified atom stereocenters. The van der Waals surface area contributed by atoms with Crippen LogP contribution in [0.4, 0.5) is 13.2 Å². The summed E-state index contributed by atoms with van der Waals surface area (Å²) >= 11 is 0. The number of aromatic nitrogens is 4. The lowest BCUT2D eigenvalue weighted by molar-refractivity contribution is -0.137. The number of hydrogen-bond acceptors (Lipinski definition) is 4. The van der Waals surface area contributed by atoms with Crippen LogP contribution in [-0.2, 0) is 6.18 Å². The maximum absolute atomic E-state index is 13.2. The van der Waals surface area contributed by atoms with Gasteiger partial charge in [0.1, 0.15) is 0 Å². The van der Waals surface area contributed by atoms with Crippen LogP contribution in [0.2, 0.25) is 0 Å². The quantitative estimate of drug-likeness (QED) is 0.224. The third-order valence-electron chi connectivity index (χ3n) is 6.59. The van der Waals surface area contributed by atoms with Gasteiger partial charge in [0, 0.05) is 41.5 Å². The van der Waals surface area contributed by atoms with Crippen molar-refractivity contribution in [1.29, 1.82) is 0 Å². The first-order valence-corrected chi connectivity index (χ1v) is 12.5. The van der Waals surface area contributed by atoms with Gasteiger partial charge in [0.25, 0.3) is 0 Å². The van der Waals surface area contributed by atoms with Gasteiger partial charge in [-0.25, -0.2) is 9.97 Å². The van der Waals surface area contributed by atoms with Crippen LogP contribution in [0.15, 0.2) is 128 Å². The summed E-state index contributed by atoms with van der Waals surface area (Å²) in [4.78, 5) is 17.6. The van der Waals surface area contributed by atoms with Crippen molar-refractivity contribution >= 4 is 0 Å². The van der Waals surface area contributed by atoms with Crippen LogP contribution in [0.3, 0.4) is 0 Å². The second-order valence-electron chi connectivity index (χ2n) is 9.16. The fourth-order valence-corrected chi connectivity index (χ4v) is 4.44. The van der Waals surface area contributed by atoms with E-state index in [4.69, 9.17) is 9.97 Å². The normalized spacial score (nSPS) is 11.4. The van der Waals surface area contributed by atoms with Gasteiger partial charge in [-0.05, 0) is 64.7 Å². The molecule has 40 heavy (non-hydrogen) atoms. The second kappa shape index (κ2) is 10.5. The molecule has 0 radical (unpaired) electrons. The fraction of sp³-hybridized carbons (Fsp3) is 0.0303. The third-order valence-corrected chi connectivity index (χ3v) is 6.59. The Labute approximate surface area is 228 Å². The number of halogens is 3. The Morgan fingerprint density at radius 2 is 0.750 bits per heavy atom. The van der Waals surface area contributed by atoms with Gasteiger partial charge in [-0.2, -0.15) is 13.2 Å². The summed E-state index contributed by atoms with van der Waals surface area (Å²) in [5.74, 6) is 0.345. The summed E-state index contributed by atoms with van der Waals surface area (Å²) in [5.41, 5.74) is 7.01. The van der Waals surface area contributed by atoms with Gasteiger partial charge >= 0.3 is 6.18 Å². The van der Waals surface area contributed by atoms with Gasteiger partial charge in [-0.3, -0.25) is 9.97 Å². The van der Waals surface area contributed by atoms with Crippen LogP contribution in [0.25, 0.3) is 56.2 Å². The Morgan fingerprint density at radius 1 is 0.400 bits per heavy atom. The lowest BCUT2D eigenvalue weighted by Crippen LogP contribution is -2.04. The molecule has 4 nitrogen and oxygen atoms in total. The van der Waals surface area contributed by atoms with Crippen LogP contribution in [0.1, 0.15) is 5.56 Å². The highest BCUT2D eigenvalue weighted by molar-refractivity contribution is 5.75. The van der Waals surface area contributed by atoms with Crippen molar-refractivity contribution in [2.45, 2.75) is 6.18 Å². The number of nitrogens with zero attached hydrogens (tertiary/aromatic N) is 4. The highest BCUT2D eigenvalue weighted by Crippen LogP contribution is 2.33. The smallest absolute Gasteiger partial charge is 0.265 e. The molecule has 0 aliphatic rings. The zero-order valence-corrected chi connectivity index (χ0v) is 21.0. The minimum atomic E-state index is -4.42. The molecule has 0 bridgehead atoms. The van der Waals surface area contributed by atoms with Gasteiger partial charge < -0.3 is 0 Å². The summed E-state index contributed by atoms with van der Waals surface area (Å²) in [7, 11) is 0. The Bertz CT molecular complexity index is 1630. The van der Waals surface area contributed by atoms with Gasteiger partial charge in [0.2, 0.25) is 0 Å². The standard InChI is InChI=1S/C33H21F3N4/c34-33(35,36)29-11-9-28(10-12-29)32-39-30(26-5-1-22(2-6-26)24-13-17-37-18-14-24)21-31(40-32)27-7-3-23(4-8-27)25-15-19-38-20-16-25/h1-21H. The van der Waals surface area contributed by atoms with Crippen molar-refractivity contribution in [3.05, 3.63) is 133 Å². The van der Waals surface area contributed by atoms with E-state index in [1.165, 1.54) is 12.1 Å². The minimum Gasteiger partial charge on any atom is -0.265 e. The zero-order chi connectivity index (χ0) is 27.5. The maximum Gasteiger partial charge on any atom is 0.416 e. The lowest BCUT2D eigenvalue weighted by Gasteiger charge is -2.11. The largest absolute Gasteiger partial charge is 0.416 e. The molecule has 0 saturated carbocycles. The summed E-state index contributed by atoms with van der Waals surface area (Å²) in [6.07, 6.45) is 2.57. The molecular formula is C33H21F3N4. The fourth-order valence-electron chi connectivity index (χ4n) is 4.44. The van der Waals surface area contributed by atoms with Gasteiger partial charge in [-0.1, -0.05) is 60.7 Å². The van der Waals surface area contributed by atoms with Crippen molar-refractivity contribution in [3.8, 4) is 56.2 Å². The molecule has 0 amide bonds. The predicted molar refractivity (Wildman–Crippen MR) is 150 cm³/mol. The van der Waals surface area contributed by atoms with Crippen molar-refractivity contribution < 1.29 is 13.2 Å². The Hall–Kier alpha value is -5.17. The summed E-state index contributed by atoms with van der Waals surface area (Å²) in [5, 5.41) is 0. The average molecular weight is 531 g/mol. The van der Waals surface area contributed by atoms with E-state index >= 15 is 0 Å². The molecule has 0 spiro atoms. The van der Waals surface area contributed by atoms with Crippen LogP contribution >= 0.6 is 0 Å². The molecule has 7 heteroatoms. The van der Waals surface area contributed by atoms with Crippen LogP contribution < -0.4 is 0 Å². The van der Waals surface area contributed by atoms with E-state index in [2.05, 4.69) is 9.97 Å². The van der Waals surface area contributed by atoms with Gasteiger partial charge in [0.05, 0.1) is 17.0 Å². The van der Waals surface area contributed by atoms with E-state index in [1.807, 2.05) is 78.9 Å². The van der Waals surface area contributed by atoms with Crippen LogP contribution in [0, 0.1) is 0 Å². The number of pyridine rings is 2. The first kappa shape index (κ1) is 25.1. The Morgan fingerprint density at radius 3 is 1.15 bits per heavy atom. The van der Waals surface area contributed by atoms with E-state index in [0.29, 0.717) is 22.8 Å².